The molecule has 2 heterocycles. The third-order valence-corrected chi connectivity index (χ3v) is 4.15. The van der Waals surface area contributed by atoms with Crippen molar-refractivity contribution in [1.29, 1.82) is 0 Å². The Morgan fingerprint density at radius 2 is 1.96 bits per heavy atom. The normalized spacial score (nSPS) is 11.0. The van der Waals surface area contributed by atoms with Crippen LogP contribution in [0.1, 0.15) is 40.7 Å². The first-order valence-corrected chi connectivity index (χ1v) is 8.75. The van der Waals surface area contributed by atoms with Gasteiger partial charge < -0.3 is 9.88 Å². The Labute approximate surface area is 148 Å². The van der Waals surface area contributed by atoms with Crippen molar-refractivity contribution in [3.8, 4) is 0 Å². The summed E-state index contributed by atoms with van der Waals surface area (Å²) in [5.41, 5.74) is 4.73. The third-order valence-electron chi connectivity index (χ3n) is 4.15. The van der Waals surface area contributed by atoms with Crippen LogP contribution in [0.15, 0.2) is 36.5 Å². The van der Waals surface area contributed by atoms with Crippen molar-refractivity contribution >= 4 is 17.1 Å². The Hall–Kier alpha value is -2.69. The number of hydrogen-bond acceptors (Lipinski definition) is 3. The van der Waals surface area contributed by atoms with Gasteiger partial charge in [-0.2, -0.15) is 0 Å². The second kappa shape index (κ2) is 7.47. The quantitative estimate of drug-likeness (QED) is 0.750. The van der Waals surface area contributed by atoms with Gasteiger partial charge in [-0.1, -0.05) is 24.1 Å². The fraction of sp³-hybridized carbons (Fsp3) is 0.350. The number of carbonyl (C=O) groups excluding carboxylic acids is 1. The molecule has 0 radical (unpaired) electrons. The lowest BCUT2D eigenvalue weighted by atomic mass is 10.1. The van der Waals surface area contributed by atoms with Gasteiger partial charge in [0.1, 0.15) is 11.3 Å². The maximum absolute atomic E-state index is 12.4. The lowest BCUT2D eigenvalue weighted by Gasteiger charge is -2.09. The van der Waals surface area contributed by atoms with E-state index >= 15 is 0 Å². The molecule has 0 aliphatic heterocycles. The van der Waals surface area contributed by atoms with Gasteiger partial charge in [0.2, 0.25) is 0 Å². The van der Waals surface area contributed by atoms with Crippen molar-refractivity contribution in [2.45, 2.75) is 40.2 Å². The molecule has 1 N–H and O–H groups in total. The van der Waals surface area contributed by atoms with E-state index in [1.807, 2.05) is 38.1 Å². The molecule has 0 atom stereocenters. The van der Waals surface area contributed by atoms with Crippen molar-refractivity contribution in [2.24, 2.45) is 0 Å². The number of imidazole rings is 1. The Morgan fingerprint density at radius 1 is 1.20 bits per heavy atom. The summed E-state index contributed by atoms with van der Waals surface area (Å²) >= 11 is 0. The number of amides is 1. The van der Waals surface area contributed by atoms with Crippen LogP contribution in [0.3, 0.4) is 0 Å². The van der Waals surface area contributed by atoms with Crippen LogP contribution in [0, 0.1) is 13.8 Å². The van der Waals surface area contributed by atoms with Gasteiger partial charge in [-0.3, -0.25) is 4.79 Å². The topological polar surface area (TPSA) is 59.8 Å². The van der Waals surface area contributed by atoms with Crippen molar-refractivity contribution in [1.82, 2.24) is 19.9 Å². The van der Waals surface area contributed by atoms with Gasteiger partial charge in [-0.05, 0) is 44.5 Å². The van der Waals surface area contributed by atoms with E-state index in [1.54, 1.807) is 6.20 Å². The molecule has 25 heavy (non-hydrogen) atoms. The zero-order valence-electron chi connectivity index (χ0n) is 15.0. The lowest BCUT2D eigenvalue weighted by Crippen LogP contribution is -2.26. The van der Waals surface area contributed by atoms with Crippen LogP contribution in [0.5, 0.6) is 0 Å². The molecule has 5 heteroatoms. The molecule has 2 aromatic heterocycles. The number of carbonyl (C=O) groups is 1. The molecule has 0 spiro atoms. The number of nitrogens with zero attached hydrogens (tertiary/aromatic N) is 3. The average molecular weight is 336 g/mol. The second-order valence-electron chi connectivity index (χ2n) is 6.41. The van der Waals surface area contributed by atoms with Gasteiger partial charge in [0.15, 0.2) is 5.65 Å². The molecule has 1 aromatic carbocycles. The standard InChI is InChI=1S/C20H24N4O/c1-4-10-24-18(23-17-6-5-8-21-19(17)24)7-9-22-20(25)16-12-14(2)11-15(3)13-16/h5-6,8,11-13H,4,7,9-10H2,1-3H3,(H,22,25). The summed E-state index contributed by atoms with van der Waals surface area (Å²) in [6.45, 7) is 7.58. The molecule has 3 rings (SSSR count). The molecule has 130 valence electrons. The van der Waals surface area contributed by atoms with Crippen LogP contribution in [0.25, 0.3) is 11.2 Å². The summed E-state index contributed by atoms with van der Waals surface area (Å²) in [5, 5.41) is 3.00. The van der Waals surface area contributed by atoms with Crippen molar-refractivity contribution in [2.75, 3.05) is 6.54 Å². The van der Waals surface area contributed by atoms with Crippen LogP contribution < -0.4 is 5.32 Å². The number of rotatable bonds is 6. The van der Waals surface area contributed by atoms with E-state index in [2.05, 4.69) is 32.8 Å². The summed E-state index contributed by atoms with van der Waals surface area (Å²) < 4.78 is 2.15. The van der Waals surface area contributed by atoms with E-state index in [0.29, 0.717) is 18.5 Å². The molecule has 0 fully saturated rings. The summed E-state index contributed by atoms with van der Waals surface area (Å²) in [5.74, 6) is 0.930. The van der Waals surface area contributed by atoms with E-state index in [-0.39, 0.29) is 5.91 Å². The van der Waals surface area contributed by atoms with Gasteiger partial charge in [0.05, 0.1) is 0 Å². The zero-order valence-corrected chi connectivity index (χ0v) is 15.0. The van der Waals surface area contributed by atoms with Gasteiger partial charge in [-0.25, -0.2) is 9.97 Å². The highest BCUT2D eigenvalue weighted by Crippen LogP contribution is 2.14. The van der Waals surface area contributed by atoms with Gasteiger partial charge >= 0.3 is 0 Å². The minimum Gasteiger partial charge on any atom is -0.352 e. The van der Waals surface area contributed by atoms with E-state index < -0.39 is 0 Å². The molecular weight excluding hydrogens is 312 g/mol. The SMILES string of the molecule is CCCn1c(CCNC(=O)c2cc(C)cc(C)c2)nc2cccnc21. The molecule has 0 bridgehead atoms. The smallest absolute Gasteiger partial charge is 0.251 e. The first kappa shape index (κ1) is 17.1. The molecule has 0 aliphatic carbocycles. The zero-order chi connectivity index (χ0) is 17.8. The molecule has 0 aliphatic rings. The van der Waals surface area contributed by atoms with Crippen LogP contribution in [-0.4, -0.2) is 27.0 Å². The minimum absolute atomic E-state index is 0.0388. The number of pyridine rings is 1. The van der Waals surface area contributed by atoms with Gasteiger partial charge in [-0.15, -0.1) is 0 Å². The highest BCUT2D eigenvalue weighted by atomic mass is 16.1. The van der Waals surface area contributed by atoms with E-state index in [9.17, 15) is 4.79 Å². The fourth-order valence-corrected chi connectivity index (χ4v) is 3.15. The average Bonchev–Trinajstić information content (AvgIpc) is 2.92. The van der Waals surface area contributed by atoms with Crippen LogP contribution in [-0.2, 0) is 13.0 Å². The molecular formula is C20H24N4O. The van der Waals surface area contributed by atoms with E-state index in [0.717, 1.165) is 41.1 Å². The summed E-state index contributed by atoms with van der Waals surface area (Å²) in [6, 6.07) is 9.78. The predicted molar refractivity (Wildman–Crippen MR) is 99.8 cm³/mol. The molecule has 5 nitrogen and oxygen atoms in total. The largest absolute Gasteiger partial charge is 0.352 e. The van der Waals surface area contributed by atoms with E-state index in [1.165, 1.54) is 0 Å². The molecule has 1 amide bonds. The fourth-order valence-electron chi connectivity index (χ4n) is 3.15. The Bertz CT molecular complexity index is 878. The van der Waals surface area contributed by atoms with Gasteiger partial charge in [0.25, 0.3) is 5.91 Å². The summed E-state index contributed by atoms with van der Waals surface area (Å²) in [4.78, 5) is 21.5. The van der Waals surface area contributed by atoms with E-state index in [4.69, 9.17) is 0 Å². The second-order valence-corrected chi connectivity index (χ2v) is 6.41. The van der Waals surface area contributed by atoms with Crippen molar-refractivity contribution in [3.05, 3.63) is 59.0 Å². The first-order chi connectivity index (χ1) is 12.1. The minimum atomic E-state index is -0.0388. The molecule has 0 unspecified atom stereocenters. The first-order valence-electron chi connectivity index (χ1n) is 8.75. The highest BCUT2D eigenvalue weighted by Gasteiger charge is 2.12. The van der Waals surface area contributed by atoms with Crippen LogP contribution in [0.2, 0.25) is 0 Å². The summed E-state index contributed by atoms with van der Waals surface area (Å²) in [7, 11) is 0. The number of hydrogen-bond donors (Lipinski definition) is 1. The maximum Gasteiger partial charge on any atom is 0.251 e. The third kappa shape index (κ3) is 3.87. The van der Waals surface area contributed by atoms with Crippen LogP contribution >= 0.6 is 0 Å². The summed E-state index contributed by atoms with van der Waals surface area (Å²) in [6.07, 6.45) is 3.50. The van der Waals surface area contributed by atoms with Crippen LogP contribution in [0.4, 0.5) is 0 Å². The number of aromatic nitrogens is 3. The number of aryl methyl sites for hydroxylation is 3. The van der Waals surface area contributed by atoms with Crippen molar-refractivity contribution in [3.63, 3.8) is 0 Å². The lowest BCUT2D eigenvalue weighted by molar-refractivity contribution is 0.0953. The monoisotopic (exact) mass is 336 g/mol. The Kier molecular flexibility index (Phi) is 5.12. The molecule has 3 aromatic rings. The number of benzene rings is 1. The Balaban J connectivity index is 1.70. The van der Waals surface area contributed by atoms with Gasteiger partial charge in [0, 0.05) is 31.3 Å². The maximum atomic E-state index is 12.4. The number of nitrogens with one attached hydrogen (secondary N) is 1. The molecule has 0 saturated heterocycles. The predicted octanol–water partition coefficient (Wildman–Crippen LogP) is 3.43. The molecule has 0 saturated carbocycles. The Morgan fingerprint density at radius 3 is 2.68 bits per heavy atom. The van der Waals surface area contributed by atoms with Crippen molar-refractivity contribution < 1.29 is 4.79 Å². The highest BCUT2D eigenvalue weighted by molar-refractivity contribution is 5.94. The number of fused-ring (bicyclic) bond motifs is 1.